The minimum Gasteiger partial charge on any atom is -0.456 e. The quantitative estimate of drug-likeness (QED) is 0.0205. The number of quaternary nitrogens is 1. The molecule has 0 aliphatic rings. The first-order chi connectivity index (χ1) is 36.4. The number of rotatable bonds is 58. The number of esters is 1. The molecule has 0 aliphatic carbocycles. The molecule has 3 unspecified atom stereocenters. The van der Waals surface area contributed by atoms with E-state index >= 15 is 0 Å². The minimum absolute atomic E-state index is 0.0392. The van der Waals surface area contributed by atoms with Gasteiger partial charge in [-0.1, -0.05) is 250 Å². The predicted octanol–water partition coefficient (Wildman–Crippen LogP) is 19.7. The average molecular weight is 1080 g/mol. The molecule has 0 rings (SSSR count). The van der Waals surface area contributed by atoms with Crippen LogP contribution in [0.4, 0.5) is 0 Å². The zero-order chi connectivity index (χ0) is 55.0. The first kappa shape index (κ1) is 73.0. The number of carbonyl (C=O) groups excluding carboxylic acids is 2. The molecule has 2 N–H and O–H groups in total. The third kappa shape index (κ3) is 56.5. The van der Waals surface area contributed by atoms with Crippen molar-refractivity contribution in [2.75, 3.05) is 40.9 Å². The van der Waals surface area contributed by atoms with Gasteiger partial charge in [0.15, 0.2) is 0 Å². The van der Waals surface area contributed by atoms with Crippen LogP contribution in [-0.2, 0) is 27.9 Å². The van der Waals surface area contributed by atoms with Gasteiger partial charge < -0.3 is 19.4 Å². The largest absolute Gasteiger partial charge is 0.472 e. The number of ether oxygens (including phenoxy) is 1. The van der Waals surface area contributed by atoms with Crippen molar-refractivity contribution in [2.45, 2.75) is 315 Å². The molecule has 0 aromatic rings. The fourth-order valence-corrected chi connectivity index (χ4v) is 10.00. The molecule has 440 valence electrons. The van der Waals surface area contributed by atoms with Crippen molar-refractivity contribution >= 4 is 19.7 Å². The monoisotopic (exact) mass is 1080 g/mol. The van der Waals surface area contributed by atoms with E-state index < -0.39 is 20.0 Å². The number of unbranched alkanes of at least 4 members (excludes halogenated alkanes) is 36. The Bertz CT molecular complexity index is 1420. The second-order valence-electron chi connectivity index (χ2n) is 22.9. The highest BCUT2D eigenvalue weighted by Gasteiger charge is 2.30. The minimum atomic E-state index is -4.45. The molecule has 0 saturated carbocycles. The molecule has 0 heterocycles. The smallest absolute Gasteiger partial charge is 0.456 e. The van der Waals surface area contributed by atoms with E-state index in [1.54, 1.807) is 0 Å². The molecule has 0 aromatic carbocycles. The summed E-state index contributed by atoms with van der Waals surface area (Å²) in [5.74, 6) is -0.506. The van der Waals surface area contributed by atoms with Crippen molar-refractivity contribution in [3.8, 4) is 0 Å². The molecule has 0 aromatic heterocycles. The third-order valence-corrected chi connectivity index (χ3v) is 15.2. The fraction of sp³-hybridized carbons (Fsp3) is 0.846. The van der Waals surface area contributed by atoms with Crippen LogP contribution in [0.5, 0.6) is 0 Å². The number of nitrogens with one attached hydrogen (secondary N) is 1. The molecular formula is C65H124N2O7P+. The van der Waals surface area contributed by atoms with Crippen LogP contribution in [0, 0.1) is 0 Å². The number of amides is 1. The fourth-order valence-electron chi connectivity index (χ4n) is 9.26. The summed E-state index contributed by atoms with van der Waals surface area (Å²) in [7, 11) is 1.50. The topological polar surface area (TPSA) is 111 Å². The van der Waals surface area contributed by atoms with Crippen LogP contribution in [-0.4, -0.2) is 74.3 Å². The maximum atomic E-state index is 13.6. The zero-order valence-corrected chi connectivity index (χ0v) is 51.2. The molecule has 0 bridgehead atoms. The number of nitrogens with zero attached hydrogens (tertiary/aromatic N) is 1. The first-order valence-corrected chi connectivity index (χ1v) is 33.5. The predicted molar refractivity (Wildman–Crippen MR) is 323 cm³/mol. The van der Waals surface area contributed by atoms with Crippen molar-refractivity contribution in [3.05, 3.63) is 48.6 Å². The summed E-state index contributed by atoms with van der Waals surface area (Å²) in [6.45, 7) is 7.00. The van der Waals surface area contributed by atoms with Gasteiger partial charge in [0.2, 0.25) is 5.91 Å². The highest BCUT2D eigenvalue weighted by atomic mass is 31.2. The van der Waals surface area contributed by atoms with Crippen LogP contribution in [0.2, 0.25) is 0 Å². The lowest BCUT2D eigenvalue weighted by Gasteiger charge is -2.27. The Labute approximate surface area is 465 Å². The third-order valence-electron chi connectivity index (χ3n) is 14.2. The average Bonchev–Trinajstić information content (AvgIpc) is 3.37. The lowest BCUT2D eigenvalue weighted by molar-refractivity contribution is -0.870. The highest BCUT2D eigenvalue weighted by Crippen LogP contribution is 2.43. The number of allylic oxidation sites excluding steroid dienone is 7. The van der Waals surface area contributed by atoms with E-state index in [-0.39, 0.29) is 31.5 Å². The van der Waals surface area contributed by atoms with Crippen LogP contribution in [0.3, 0.4) is 0 Å². The molecule has 0 fully saturated rings. The van der Waals surface area contributed by atoms with E-state index in [1.165, 1.54) is 193 Å². The lowest BCUT2D eigenvalue weighted by atomic mass is 10.0. The molecule has 0 spiro atoms. The van der Waals surface area contributed by atoms with E-state index in [0.29, 0.717) is 17.4 Å². The number of phosphoric acid groups is 1. The van der Waals surface area contributed by atoms with E-state index in [0.717, 1.165) is 77.0 Å². The standard InChI is InChI=1S/C65H123N2O7P/c1-7-10-13-16-19-22-25-27-29-31-32-33-34-36-37-39-42-45-48-51-54-57-64(68)66-62(61-73-75(70,71)72-60-59-67(4,5)6)63(56-53-50-47-44-41-24-21-18-15-12-9-3)74-65(69)58-55-52-49-46-43-40-38-35-30-28-26-23-20-17-14-11-8-2/h20,23,27-30,53,56,62-63H,7-19,21-22,24-26,31-52,54-55,57-61H2,1-6H3,(H-,66,68,70,71)/p+1/b23-20-,29-27+,30-28-,56-53-. The van der Waals surface area contributed by atoms with Gasteiger partial charge in [0, 0.05) is 12.8 Å². The SMILES string of the molecule is CCCCC/C=C\C/C=C\CCCCCCCCCC(=O)OC(/C=C\CCCCCCCCCCC)C(COP(=O)(O)OCC[N+](C)(C)C)NC(=O)CCCCCCCCCCCCC/C=C/CCCCCCCC. The van der Waals surface area contributed by atoms with Gasteiger partial charge in [-0.2, -0.15) is 0 Å². The first-order valence-electron chi connectivity index (χ1n) is 32.0. The van der Waals surface area contributed by atoms with Crippen molar-refractivity contribution in [3.63, 3.8) is 0 Å². The maximum Gasteiger partial charge on any atom is 0.472 e. The summed E-state index contributed by atoms with van der Waals surface area (Å²) in [4.78, 5) is 37.7. The van der Waals surface area contributed by atoms with Crippen molar-refractivity contribution in [1.29, 1.82) is 0 Å². The van der Waals surface area contributed by atoms with Crippen molar-refractivity contribution in [1.82, 2.24) is 5.32 Å². The van der Waals surface area contributed by atoms with Crippen LogP contribution >= 0.6 is 7.82 Å². The summed E-state index contributed by atoms with van der Waals surface area (Å²) >= 11 is 0. The van der Waals surface area contributed by atoms with E-state index in [2.05, 4.69) is 62.5 Å². The van der Waals surface area contributed by atoms with Gasteiger partial charge in [0.25, 0.3) is 0 Å². The molecular weight excluding hydrogens is 952 g/mol. The summed E-state index contributed by atoms with van der Waals surface area (Å²) in [5.41, 5.74) is 0. The van der Waals surface area contributed by atoms with Gasteiger partial charge in [-0.3, -0.25) is 18.6 Å². The van der Waals surface area contributed by atoms with Crippen LogP contribution < -0.4 is 5.32 Å². The Kier molecular flexibility index (Phi) is 53.8. The van der Waals surface area contributed by atoms with Crippen LogP contribution in [0.15, 0.2) is 48.6 Å². The zero-order valence-electron chi connectivity index (χ0n) is 50.3. The van der Waals surface area contributed by atoms with Gasteiger partial charge in [-0.05, 0) is 89.5 Å². The van der Waals surface area contributed by atoms with Crippen LogP contribution in [0.1, 0.15) is 303 Å². The second kappa shape index (κ2) is 55.3. The van der Waals surface area contributed by atoms with E-state index in [1.807, 2.05) is 33.3 Å². The summed E-state index contributed by atoms with van der Waals surface area (Å²) in [6, 6.07) is -0.850. The molecule has 0 aliphatic heterocycles. The summed E-state index contributed by atoms with van der Waals surface area (Å²) in [6.07, 6.45) is 68.2. The van der Waals surface area contributed by atoms with Gasteiger partial charge >= 0.3 is 13.8 Å². The normalized spacial score (nSPS) is 14.0. The Morgan fingerprint density at radius 3 is 1.24 bits per heavy atom. The number of carbonyl (C=O) groups is 2. The maximum absolute atomic E-state index is 13.6. The Balaban J connectivity index is 5.16. The molecule has 0 radical (unpaired) electrons. The summed E-state index contributed by atoms with van der Waals surface area (Å²) in [5, 5.41) is 3.06. The van der Waals surface area contributed by atoms with Gasteiger partial charge in [0.05, 0.1) is 33.8 Å². The molecule has 0 saturated heterocycles. The Hall–Kier alpha value is -2.03. The van der Waals surface area contributed by atoms with E-state index in [9.17, 15) is 19.0 Å². The number of hydrogen-bond acceptors (Lipinski definition) is 6. The molecule has 10 heteroatoms. The number of likely N-dealkylation sites (N-methyl/N-ethyl adjacent to an activating group) is 1. The molecule has 1 amide bonds. The van der Waals surface area contributed by atoms with Gasteiger partial charge in [0.1, 0.15) is 19.3 Å². The van der Waals surface area contributed by atoms with E-state index in [4.69, 9.17) is 13.8 Å². The van der Waals surface area contributed by atoms with Crippen LogP contribution in [0.25, 0.3) is 0 Å². The number of hydrogen-bond donors (Lipinski definition) is 2. The van der Waals surface area contributed by atoms with Crippen molar-refractivity contribution in [2.24, 2.45) is 0 Å². The number of phosphoric ester groups is 1. The molecule has 75 heavy (non-hydrogen) atoms. The van der Waals surface area contributed by atoms with Gasteiger partial charge in [-0.15, -0.1) is 0 Å². The molecule has 9 nitrogen and oxygen atoms in total. The van der Waals surface area contributed by atoms with Crippen molar-refractivity contribution < 1.29 is 37.3 Å². The van der Waals surface area contributed by atoms with Gasteiger partial charge in [-0.25, -0.2) is 4.57 Å². The Morgan fingerprint density at radius 2 is 0.813 bits per heavy atom. The highest BCUT2D eigenvalue weighted by molar-refractivity contribution is 7.47. The molecule has 3 atom stereocenters. The Morgan fingerprint density at radius 1 is 0.467 bits per heavy atom. The summed E-state index contributed by atoms with van der Waals surface area (Å²) < 4.78 is 30.7. The lowest BCUT2D eigenvalue weighted by Crippen LogP contribution is -2.47. The second-order valence-corrected chi connectivity index (χ2v) is 24.4.